The van der Waals surface area contributed by atoms with Gasteiger partial charge in [0.2, 0.25) is 11.4 Å². The van der Waals surface area contributed by atoms with Crippen LogP contribution < -0.4 is 0 Å². The minimum atomic E-state index is 0.474. The van der Waals surface area contributed by atoms with E-state index in [1.54, 1.807) is 6.20 Å². The van der Waals surface area contributed by atoms with Crippen LogP contribution in [0.1, 0.15) is 0 Å². The van der Waals surface area contributed by atoms with E-state index >= 15 is 0 Å². The van der Waals surface area contributed by atoms with Crippen molar-refractivity contribution < 1.29 is 4.42 Å². The van der Waals surface area contributed by atoms with E-state index in [9.17, 15) is 0 Å². The zero-order valence-electron chi connectivity index (χ0n) is 27.2. The molecule has 0 fully saturated rings. The summed E-state index contributed by atoms with van der Waals surface area (Å²) in [5.74, 6) is 0. The van der Waals surface area contributed by atoms with Gasteiger partial charge in [-0.3, -0.25) is 0 Å². The highest BCUT2D eigenvalue weighted by molar-refractivity contribution is 6.12. The first kappa shape index (κ1) is 27.9. The van der Waals surface area contributed by atoms with Crippen molar-refractivity contribution in [2.24, 2.45) is 0 Å². The Hall–Kier alpha value is -7.05. The Bertz CT molecular complexity index is 2920. The van der Waals surface area contributed by atoms with Gasteiger partial charge in [-0.25, -0.2) is 15.0 Å². The second kappa shape index (κ2) is 10.7. The molecule has 6 heteroatoms. The number of hydrogen-bond donors (Lipinski definition) is 0. The number of fused-ring (bicyclic) bond motifs is 9. The molecule has 5 heterocycles. The van der Waals surface area contributed by atoms with E-state index in [0.29, 0.717) is 16.9 Å². The monoisotopic (exact) mass is 653 g/mol. The molecule has 11 aromatic rings. The van der Waals surface area contributed by atoms with Gasteiger partial charge in [0.25, 0.3) is 0 Å². The predicted octanol–water partition coefficient (Wildman–Crippen LogP) is 11.3. The minimum absolute atomic E-state index is 0.474. The van der Waals surface area contributed by atoms with Crippen LogP contribution in [0, 0.1) is 0 Å². The lowest BCUT2D eigenvalue weighted by Gasteiger charge is -2.08. The number of benzene rings is 6. The highest BCUT2D eigenvalue weighted by atomic mass is 16.3. The average molecular weight is 654 g/mol. The van der Waals surface area contributed by atoms with Gasteiger partial charge in [0.15, 0.2) is 0 Å². The third-order valence-electron chi connectivity index (χ3n) is 10.0. The van der Waals surface area contributed by atoms with Gasteiger partial charge in [0.05, 0.1) is 39.3 Å². The molecule has 0 N–H and O–H groups in total. The molecule has 0 aliphatic carbocycles. The van der Waals surface area contributed by atoms with Gasteiger partial charge < -0.3 is 13.6 Å². The van der Waals surface area contributed by atoms with Crippen molar-refractivity contribution in [1.29, 1.82) is 0 Å². The fourth-order valence-electron chi connectivity index (χ4n) is 7.72. The van der Waals surface area contributed by atoms with Crippen LogP contribution in [-0.4, -0.2) is 24.1 Å². The van der Waals surface area contributed by atoms with E-state index in [1.807, 2.05) is 12.3 Å². The van der Waals surface area contributed by atoms with Crippen molar-refractivity contribution >= 4 is 65.9 Å². The molecule has 0 amide bonds. The number of aromatic nitrogens is 5. The Labute approximate surface area is 291 Å². The van der Waals surface area contributed by atoms with E-state index in [2.05, 4.69) is 155 Å². The molecule has 0 radical (unpaired) electrons. The van der Waals surface area contributed by atoms with Crippen molar-refractivity contribution in [3.05, 3.63) is 164 Å². The van der Waals surface area contributed by atoms with Crippen LogP contribution in [0.15, 0.2) is 168 Å². The lowest BCUT2D eigenvalue weighted by molar-refractivity contribution is 0.639. The summed E-state index contributed by atoms with van der Waals surface area (Å²) in [6.45, 7) is 0. The Kier molecular flexibility index (Phi) is 5.86. The molecule has 0 saturated heterocycles. The first-order chi connectivity index (χ1) is 25.3. The number of pyridine rings is 1. The maximum Gasteiger partial charge on any atom is 0.248 e. The molecule has 0 aliphatic heterocycles. The second-order valence-electron chi connectivity index (χ2n) is 12.9. The van der Waals surface area contributed by atoms with Gasteiger partial charge in [-0.15, -0.1) is 0 Å². The maximum absolute atomic E-state index is 6.10. The number of para-hydroxylation sites is 4. The standard InChI is InChI=1S/C45H27N5O/c1-3-11-31(12-4-1)49-39-17-9-7-15-33(39)35-23-28(19-21-41(35)49)30-25-37-43-45(51-44(37)46-26-30)47-27-38(48-43)29-20-22-42-36(24-29)34-16-8-10-18-40(34)50(42)32-13-5-2-6-14-32/h1-27H. The van der Waals surface area contributed by atoms with Crippen molar-refractivity contribution in [2.75, 3.05) is 0 Å². The van der Waals surface area contributed by atoms with E-state index < -0.39 is 0 Å². The Balaban J connectivity index is 1.04. The summed E-state index contributed by atoms with van der Waals surface area (Å²) in [7, 11) is 0. The van der Waals surface area contributed by atoms with E-state index in [0.717, 1.165) is 50.2 Å². The van der Waals surface area contributed by atoms with Gasteiger partial charge in [0.1, 0.15) is 5.52 Å². The summed E-state index contributed by atoms with van der Waals surface area (Å²) >= 11 is 0. The number of furan rings is 1. The summed E-state index contributed by atoms with van der Waals surface area (Å²) < 4.78 is 10.7. The van der Waals surface area contributed by atoms with E-state index in [-0.39, 0.29) is 0 Å². The van der Waals surface area contributed by atoms with Gasteiger partial charge >= 0.3 is 0 Å². The Morgan fingerprint density at radius 3 is 1.55 bits per heavy atom. The average Bonchev–Trinajstić information content (AvgIpc) is 3.85. The zero-order valence-corrected chi connectivity index (χ0v) is 27.2. The fraction of sp³-hybridized carbons (Fsp3) is 0. The normalized spacial score (nSPS) is 11.9. The quantitative estimate of drug-likeness (QED) is 0.190. The molecular weight excluding hydrogens is 627 g/mol. The number of rotatable bonds is 4. The first-order valence-corrected chi connectivity index (χ1v) is 17.0. The zero-order chi connectivity index (χ0) is 33.5. The number of nitrogens with zero attached hydrogens (tertiary/aromatic N) is 5. The highest BCUT2D eigenvalue weighted by Crippen LogP contribution is 2.38. The van der Waals surface area contributed by atoms with Crippen LogP contribution in [0.2, 0.25) is 0 Å². The van der Waals surface area contributed by atoms with E-state index in [1.165, 1.54) is 32.6 Å². The molecule has 11 rings (SSSR count). The van der Waals surface area contributed by atoms with Crippen molar-refractivity contribution in [3.63, 3.8) is 0 Å². The van der Waals surface area contributed by atoms with Crippen LogP contribution in [-0.2, 0) is 0 Å². The summed E-state index contributed by atoms with van der Waals surface area (Å²) in [6.07, 6.45) is 3.67. The van der Waals surface area contributed by atoms with Crippen LogP contribution in [0.5, 0.6) is 0 Å². The van der Waals surface area contributed by atoms with Crippen LogP contribution >= 0.6 is 0 Å². The third kappa shape index (κ3) is 4.20. The first-order valence-electron chi connectivity index (χ1n) is 17.0. The van der Waals surface area contributed by atoms with Crippen LogP contribution in [0.25, 0.3) is 99.7 Å². The maximum atomic E-state index is 6.10. The molecule has 0 atom stereocenters. The molecular formula is C45H27N5O. The minimum Gasteiger partial charge on any atom is -0.418 e. The van der Waals surface area contributed by atoms with Gasteiger partial charge in [-0.1, -0.05) is 84.9 Å². The Morgan fingerprint density at radius 2 is 0.902 bits per heavy atom. The third-order valence-corrected chi connectivity index (χ3v) is 10.0. The molecule has 6 nitrogen and oxygen atoms in total. The van der Waals surface area contributed by atoms with Crippen molar-refractivity contribution in [3.8, 4) is 33.8 Å². The molecule has 5 aromatic heterocycles. The summed E-state index contributed by atoms with van der Waals surface area (Å²) in [4.78, 5) is 14.6. The highest BCUT2D eigenvalue weighted by Gasteiger charge is 2.18. The fourth-order valence-corrected chi connectivity index (χ4v) is 7.72. The SMILES string of the molecule is c1ccc(-n2c3ccccc3c3cc(-c4cnc5oc6ncc(-c7ccc8c(c7)c7ccccc7n8-c7ccccc7)nc6c5c4)ccc32)cc1. The van der Waals surface area contributed by atoms with E-state index in [4.69, 9.17) is 19.4 Å². The molecule has 6 aromatic carbocycles. The molecule has 238 valence electrons. The summed E-state index contributed by atoms with van der Waals surface area (Å²) in [5.41, 5.74) is 12.5. The summed E-state index contributed by atoms with van der Waals surface area (Å²) in [6, 6.07) is 53.4. The molecule has 0 saturated carbocycles. The smallest absolute Gasteiger partial charge is 0.248 e. The van der Waals surface area contributed by atoms with Crippen molar-refractivity contribution in [2.45, 2.75) is 0 Å². The molecule has 0 aliphatic rings. The lowest BCUT2D eigenvalue weighted by Crippen LogP contribution is -1.93. The molecule has 51 heavy (non-hydrogen) atoms. The van der Waals surface area contributed by atoms with Crippen LogP contribution in [0.4, 0.5) is 0 Å². The second-order valence-corrected chi connectivity index (χ2v) is 12.9. The van der Waals surface area contributed by atoms with Gasteiger partial charge in [-0.05, 0) is 72.3 Å². The lowest BCUT2D eigenvalue weighted by atomic mass is 10.0. The topological polar surface area (TPSA) is 61.7 Å². The largest absolute Gasteiger partial charge is 0.418 e. The van der Waals surface area contributed by atoms with Gasteiger partial charge in [0, 0.05) is 50.2 Å². The Morgan fingerprint density at radius 1 is 0.392 bits per heavy atom. The predicted molar refractivity (Wildman–Crippen MR) is 207 cm³/mol. The molecule has 0 spiro atoms. The molecule has 0 bridgehead atoms. The molecule has 0 unspecified atom stereocenters. The number of hydrogen-bond acceptors (Lipinski definition) is 4. The van der Waals surface area contributed by atoms with Crippen LogP contribution in [0.3, 0.4) is 0 Å². The summed E-state index contributed by atoms with van der Waals surface area (Å²) in [5, 5.41) is 5.60. The van der Waals surface area contributed by atoms with Crippen molar-refractivity contribution in [1.82, 2.24) is 24.1 Å². The van der Waals surface area contributed by atoms with Gasteiger partial charge in [-0.2, -0.15) is 0 Å².